The van der Waals surface area contributed by atoms with Crippen molar-refractivity contribution in [1.82, 2.24) is 4.98 Å². The van der Waals surface area contributed by atoms with Gasteiger partial charge < -0.3 is 4.98 Å². The predicted molar refractivity (Wildman–Crippen MR) is 74.2 cm³/mol. The molecule has 1 N–H and O–H groups in total. The lowest BCUT2D eigenvalue weighted by atomic mass is 10.2. The van der Waals surface area contributed by atoms with Crippen LogP contribution in [0.3, 0.4) is 0 Å². The average molecular weight is 211 g/mol. The smallest absolute Gasteiger partial charge is 0.0461 e. The summed E-state index contributed by atoms with van der Waals surface area (Å²) in [7, 11) is 0. The van der Waals surface area contributed by atoms with E-state index < -0.39 is 0 Å². The normalized spacial score (nSPS) is 12.7. The number of hydrogen-bond acceptors (Lipinski definition) is 0. The van der Waals surface area contributed by atoms with E-state index in [-0.39, 0.29) is 0 Å². The fourth-order valence-electron chi connectivity index (χ4n) is 1.54. The van der Waals surface area contributed by atoms with Crippen LogP contribution in [-0.2, 0) is 0 Å². The number of allylic oxidation sites excluding steroid dienone is 4. The van der Waals surface area contributed by atoms with Gasteiger partial charge in [0.05, 0.1) is 0 Å². The van der Waals surface area contributed by atoms with Crippen molar-refractivity contribution in [2.75, 3.05) is 0 Å². The molecule has 1 aromatic heterocycles. The summed E-state index contributed by atoms with van der Waals surface area (Å²) in [6.45, 7) is 13.4. The molecule has 0 aliphatic rings. The second-order valence-electron chi connectivity index (χ2n) is 3.34. The van der Waals surface area contributed by atoms with E-state index in [2.05, 4.69) is 24.7 Å². The van der Waals surface area contributed by atoms with Crippen LogP contribution < -0.4 is 10.6 Å². The van der Waals surface area contributed by atoms with Crippen LogP contribution in [-0.4, -0.2) is 4.98 Å². The standard InChI is InChI=1S/C15H17N/c1-5-8-9-11-14-12(4)16-15(10-6-2)13(14)7-3/h5-11,16H,1,3-4H2,2H3/b9-8-,10-6-,14-11+. The van der Waals surface area contributed by atoms with Crippen molar-refractivity contribution in [1.29, 1.82) is 0 Å². The van der Waals surface area contributed by atoms with Crippen molar-refractivity contribution in [2.45, 2.75) is 6.92 Å². The first kappa shape index (κ1) is 12.1. The highest BCUT2D eigenvalue weighted by atomic mass is 14.7. The largest absolute Gasteiger partial charge is 0.355 e. The Morgan fingerprint density at radius 1 is 1.19 bits per heavy atom. The Balaban J connectivity index is 3.44. The van der Waals surface area contributed by atoms with Gasteiger partial charge in [-0.05, 0) is 13.0 Å². The van der Waals surface area contributed by atoms with Gasteiger partial charge in [-0.1, -0.05) is 56.2 Å². The van der Waals surface area contributed by atoms with Crippen molar-refractivity contribution in [3.8, 4) is 0 Å². The molecule has 1 aromatic rings. The van der Waals surface area contributed by atoms with Crippen LogP contribution in [0.1, 0.15) is 18.2 Å². The molecule has 0 saturated carbocycles. The van der Waals surface area contributed by atoms with Crippen LogP contribution in [0.4, 0.5) is 0 Å². The number of hydrogen-bond donors (Lipinski definition) is 1. The minimum Gasteiger partial charge on any atom is -0.355 e. The molecule has 0 aliphatic heterocycles. The van der Waals surface area contributed by atoms with Gasteiger partial charge in [0.2, 0.25) is 0 Å². The number of rotatable bonds is 4. The monoisotopic (exact) mass is 211 g/mol. The summed E-state index contributed by atoms with van der Waals surface area (Å²) < 4.78 is 0. The Hall–Kier alpha value is -2.02. The van der Waals surface area contributed by atoms with Crippen molar-refractivity contribution < 1.29 is 0 Å². The van der Waals surface area contributed by atoms with Gasteiger partial charge in [0, 0.05) is 21.8 Å². The van der Waals surface area contributed by atoms with Gasteiger partial charge in [-0.15, -0.1) is 0 Å². The van der Waals surface area contributed by atoms with Crippen LogP contribution in [0, 0.1) is 0 Å². The topological polar surface area (TPSA) is 15.8 Å². The average Bonchev–Trinajstić information content (AvgIpc) is 2.56. The van der Waals surface area contributed by atoms with Gasteiger partial charge >= 0.3 is 0 Å². The maximum atomic E-state index is 3.98. The Labute approximate surface area is 96.5 Å². The fraction of sp³-hybridized carbons (Fsp3) is 0.0667. The molecule has 0 fully saturated rings. The molecule has 0 amide bonds. The molecule has 0 saturated heterocycles. The molecule has 0 spiro atoms. The molecule has 0 unspecified atom stereocenters. The van der Waals surface area contributed by atoms with E-state index in [9.17, 15) is 0 Å². The molecule has 0 aromatic carbocycles. The molecule has 0 aliphatic carbocycles. The SMILES string of the molecule is C=C/C=C\C=c1\c(C=C)c(/C=C\C)[nH]c1=C. The Bertz CT molecular complexity index is 539. The van der Waals surface area contributed by atoms with Crippen LogP contribution in [0.25, 0.3) is 24.8 Å². The van der Waals surface area contributed by atoms with Gasteiger partial charge in [-0.2, -0.15) is 0 Å². The highest BCUT2D eigenvalue weighted by Gasteiger charge is 2.00. The first-order chi connectivity index (χ1) is 7.74. The second kappa shape index (κ2) is 5.76. The Morgan fingerprint density at radius 2 is 1.94 bits per heavy atom. The van der Waals surface area contributed by atoms with Gasteiger partial charge in [0.15, 0.2) is 0 Å². The highest BCUT2D eigenvalue weighted by Crippen LogP contribution is 2.02. The molecule has 82 valence electrons. The van der Waals surface area contributed by atoms with E-state index in [4.69, 9.17) is 0 Å². The van der Waals surface area contributed by atoms with Crippen LogP contribution in [0.2, 0.25) is 0 Å². The zero-order valence-electron chi connectivity index (χ0n) is 9.66. The Morgan fingerprint density at radius 3 is 2.50 bits per heavy atom. The van der Waals surface area contributed by atoms with Crippen molar-refractivity contribution in [3.05, 3.63) is 59.3 Å². The number of H-pyrrole nitrogens is 1. The van der Waals surface area contributed by atoms with Crippen LogP contribution >= 0.6 is 0 Å². The van der Waals surface area contributed by atoms with E-state index in [0.717, 1.165) is 21.8 Å². The highest BCUT2D eigenvalue weighted by molar-refractivity contribution is 5.64. The number of nitrogens with one attached hydrogen (secondary N) is 1. The summed E-state index contributed by atoms with van der Waals surface area (Å²) in [6.07, 6.45) is 13.4. The van der Waals surface area contributed by atoms with E-state index in [1.54, 1.807) is 6.08 Å². The summed E-state index contributed by atoms with van der Waals surface area (Å²) in [5.74, 6) is 0. The molecule has 1 nitrogen and oxygen atoms in total. The maximum absolute atomic E-state index is 3.98. The Kier molecular flexibility index (Phi) is 4.34. The first-order valence-corrected chi connectivity index (χ1v) is 5.20. The number of aromatic amines is 1. The van der Waals surface area contributed by atoms with Crippen LogP contribution in [0.5, 0.6) is 0 Å². The van der Waals surface area contributed by atoms with E-state index in [0.29, 0.717) is 0 Å². The third-order valence-corrected chi connectivity index (χ3v) is 2.24. The van der Waals surface area contributed by atoms with Gasteiger partial charge in [-0.25, -0.2) is 0 Å². The first-order valence-electron chi connectivity index (χ1n) is 5.20. The molecule has 0 bridgehead atoms. The van der Waals surface area contributed by atoms with Crippen molar-refractivity contribution in [3.63, 3.8) is 0 Å². The molecular formula is C15H17N. The van der Waals surface area contributed by atoms with E-state index in [1.165, 1.54) is 0 Å². The zero-order valence-corrected chi connectivity index (χ0v) is 9.66. The van der Waals surface area contributed by atoms with E-state index in [1.807, 2.05) is 43.4 Å². The zero-order chi connectivity index (χ0) is 12.0. The predicted octanol–water partition coefficient (Wildman–Crippen LogP) is 2.62. The lowest BCUT2D eigenvalue weighted by molar-refractivity contribution is 1.30. The molecular weight excluding hydrogens is 194 g/mol. The summed E-state index contributed by atoms with van der Waals surface area (Å²) in [5, 5.41) is 1.97. The second-order valence-corrected chi connectivity index (χ2v) is 3.34. The summed E-state index contributed by atoms with van der Waals surface area (Å²) in [4.78, 5) is 3.23. The molecule has 0 radical (unpaired) electrons. The third-order valence-electron chi connectivity index (χ3n) is 2.24. The molecule has 1 rings (SSSR count). The summed E-state index contributed by atoms with van der Waals surface area (Å²) in [6, 6.07) is 0. The van der Waals surface area contributed by atoms with Crippen molar-refractivity contribution in [2.24, 2.45) is 0 Å². The van der Waals surface area contributed by atoms with Gasteiger partial charge in [0.1, 0.15) is 0 Å². The minimum atomic E-state index is 0.900. The minimum absolute atomic E-state index is 0.900. The van der Waals surface area contributed by atoms with Crippen molar-refractivity contribution >= 4 is 24.8 Å². The molecule has 16 heavy (non-hydrogen) atoms. The lowest BCUT2D eigenvalue weighted by Gasteiger charge is -1.90. The van der Waals surface area contributed by atoms with Crippen LogP contribution in [0.15, 0.2) is 37.5 Å². The molecule has 0 atom stereocenters. The third kappa shape index (κ3) is 2.51. The van der Waals surface area contributed by atoms with Gasteiger partial charge in [-0.3, -0.25) is 0 Å². The van der Waals surface area contributed by atoms with E-state index >= 15 is 0 Å². The fourth-order valence-corrected chi connectivity index (χ4v) is 1.54. The number of aromatic nitrogens is 1. The lowest BCUT2D eigenvalue weighted by Crippen LogP contribution is -2.21. The molecule has 1 heterocycles. The summed E-state index contributed by atoms with van der Waals surface area (Å²) >= 11 is 0. The quantitative estimate of drug-likeness (QED) is 0.737. The van der Waals surface area contributed by atoms with Gasteiger partial charge in [0.25, 0.3) is 0 Å². The summed E-state index contributed by atoms with van der Waals surface area (Å²) in [5.41, 5.74) is 2.12. The molecule has 1 heteroatoms. The maximum Gasteiger partial charge on any atom is 0.0461 e.